The molecule has 148 valence electrons. The molecule has 10 heteroatoms. The minimum atomic E-state index is -1.19. The van der Waals surface area contributed by atoms with Gasteiger partial charge < -0.3 is 10.1 Å². The first-order valence-corrected chi connectivity index (χ1v) is 9.76. The van der Waals surface area contributed by atoms with E-state index in [0.717, 1.165) is 4.47 Å². The molecule has 1 aliphatic heterocycles. The number of nitrogens with one attached hydrogen (secondary N) is 1. The number of carbonyl (C=O) groups is 3. The van der Waals surface area contributed by atoms with E-state index in [-0.39, 0.29) is 15.7 Å². The molecule has 1 fully saturated rings. The van der Waals surface area contributed by atoms with Crippen LogP contribution >= 0.6 is 39.7 Å². The normalized spacial score (nSPS) is 16.9. The lowest BCUT2D eigenvalue weighted by atomic mass is 10.1. The Morgan fingerprint density at radius 2 is 1.97 bits per heavy atom. The van der Waals surface area contributed by atoms with Gasteiger partial charge >= 0.3 is 5.97 Å². The molecule has 3 rings (SSSR count). The van der Waals surface area contributed by atoms with E-state index in [0.29, 0.717) is 11.4 Å². The summed E-state index contributed by atoms with van der Waals surface area (Å²) in [7, 11) is 1.24. The first kappa shape index (κ1) is 21.1. The fourth-order valence-corrected chi connectivity index (χ4v) is 3.33. The molecule has 1 saturated heterocycles. The van der Waals surface area contributed by atoms with Crippen molar-refractivity contribution in [2.75, 3.05) is 12.0 Å². The Morgan fingerprint density at radius 1 is 1.28 bits per heavy atom. The molecular formula is C19H13BrClN3O4S. The number of thiocarbonyl (C=S) groups is 1. The molecule has 0 radical (unpaired) electrons. The van der Waals surface area contributed by atoms with Gasteiger partial charge in [0.1, 0.15) is 0 Å². The maximum atomic E-state index is 12.9. The fraction of sp³-hybridized carbons (Fsp3) is 0.105. The highest BCUT2D eigenvalue weighted by atomic mass is 79.9. The van der Waals surface area contributed by atoms with Crippen LogP contribution in [-0.2, 0) is 14.3 Å². The van der Waals surface area contributed by atoms with Crippen LogP contribution in [-0.4, -0.2) is 36.2 Å². The van der Waals surface area contributed by atoms with Crippen LogP contribution in [0.1, 0.15) is 10.4 Å². The monoisotopic (exact) mass is 493 g/mol. The summed E-state index contributed by atoms with van der Waals surface area (Å²) in [5.74, 6) is -2.93. The second-order valence-corrected chi connectivity index (χ2v) is 7.57. The molecule has 1 heterocycles. The third kappa shape index (κ3) is 4.52. The number of esters is 1. The van der Waals surface area contributed by atoms with Gasteiger partial charge in [-0.15, -0.1) is 0 Å². The molecule has 1 N–H and O–H groups in total. The number of carbonyl (C=O) groups excluding carboxylic acids is 3. The number of amides is 2. The lowest BCUT2D eigenvalue weighted by molar-refractivity contribution is -0.130. The average molecular weight is 495 g/mol. The van der Waals surface area contributed by atoms with Crippen LogP contribution in [0.5, 0.6) is 0 Å². The molecule has 2 aromatic rings. The zero-order valence-electron chi connectivity index (χ0n) is 14.9. The molecule has 0 spiro atoms. The fourth-order valence-electron chi connectivity index (χ4n) is 2.58. The quantitative estimate of drug-likeness (QED) is 0.303. The zero-order valence-corrected chi connectivity index (χ0v) is 18.0. The van der Waals surface area contributed by atoms with Gasteiger partial charge in [-0.3, -0.25) is 19.5 Å². The Morgan fingerprint density at radius 3 is 2.62 bits per heavy atom. The molecule has 0 aromatic heterocycles. The van der Waals surface area contributed by atoms with Crippen LogP contribution in [0.3, 0.4) is 0 Å². The van der Waals surface area contributed by atoms with Crippen LogP contribution < -0.4 is 10.2 Å². The van der Waals surface area contributed by atoms with E-state index in [1.807, 2.05) is 0 Å². The molecule has 7 nitrogen and oxygen atoms in total. The number of nitrogens with zero attached hydrogens (tertiary/aromatic N) is 2. The highest BCUT2D eigenvalue weighted by Gasteiger charge is 2.38. The van der Waals surface area contributed by atoms with E-state index in [9.17, 15) is 14.4 Å². The third-order valence-electron chi connectivity index (χ3n) is 4.01. The number of aliphatic imine (C=N–C) groups is 1. The van der Waals surface area contributed by atoms with Crippen molar-refractivity contribution >= 4 is 80.2 Å². The van der Waals surface area contributed by atoms with Gasteiger partial charge in [0.2, 0.25) is 5.91 Å². The summed E-state index contributed by atoms with van der Waals surface area (Å²) in [6, 6.07) is 11.3. The van der Waals surface area contributed by atoms with Gasteiger partial charge in [0, 0.05) is 10.7 Å². The summed E-state index contributed by atoms with van der Waals surface area (Å²) in [6.45, 7) is 0. The van der Waals surface area contributed by atoms with E-state index in [2.05, 4.69) is 31.0 Å². The Labute approximate surface area is 184 Å². The van der Waals surface area contributed by atoms with Gasteiger partial charge in [-0.1, -0.05) is 27.5 Å². The largest absolute Gasteiger partial charge is 0.465 e. The van der Waals surface area contributed by atoms with Crippen LogP contribution in [0.25, 0.3) is 0 Å². The molecule has 0 unspecified atom stereocenters. The first-order chi connectivity index (χ1) is 13.8. The molecular weight excluding hydrogens is 482 g/mol. The molecule has 2 aromatic carbocycles. The number of anilines is 1. The SMILES string of the molecule is COC(=O)c1cc(N=C[C@H]2C(=O)NC(=S)N(c3ccc(Br)cc3)C2=O)ccc1Cl. The van der Waals surface area contributed by atoms with Crippen molar-refractivity contribution < 1.29 is 19.1 Å². The molecule has 2 amide bonds. The summed E-state index contributed by atoms with van der Waals surface area (Å²) in [4.78, 5) is 42.4. The van der Waals surface area contributed by atoms with E-state index in [1.54, 1.807) is 30.3 Å². The third-order valence-corrected chi connectivity index (χ3v) is 5.16. The van der Waals surface area contributed by atoms with Crippen LogP contribution in [0, 0.1) is 5.92 Å². The predicted molar refractivity (Wildman–Crippen MR) is 117 cm³/mol. The van der Waals surface area contributed by atoms with Crippen molar-refractivity contribution in [3.63, 3.8) is 0 Å². The van der Waals surface area contributed by atoms with Crippen LogP contribution in [0.4, 0.5) is 11.4 Å². The minimum absolute atomic E-state index is 0.00792. The number of ether oxygens (including phenoxy) is 1. The maximum absolute atomic E-state index is 12.9. The summed E-state index contributed by atoms with van der Waals surface area (Å²) < 4.78 is 5.50. The topological polar surface area (TPSA) is 88.1 Å². The number of halogens is 2. The molecule has 0 saturated carbocycles. The van der Waals surface area contributed by atoms with E-state index in [1.165, 1.54) is 30.4 Å². The van der Waals surface area contributed by atoms with Gasteiger partial charge in [-0.25, -0.2) is 4.79 Å². The van der Waals surface area contributed by atoms with Crippen molar-refractivity contribution in [3.05, 3.63) is 57.5 Å². The van der Waals surface area contributed by atoms with E-state index in [4.69, 9.17) is 23.8 Å². The highest BCUT2D eigenvalue weighted by molar-refractivity contribution is 9.10. The predicted octanol–water partition coefficient (Wildman–Crippen LogP) is 3.66. The highest BCUT2D eigenvalue weighted by Crippen LogP contribution is 2.25. The summed E-state index contributed by atoms with van der Waals surface area (Å²) in [6.07, 6.45) is 1.20. The van der Waals surface area contributed by atoms with Crippen LogP contribution in [0.15, 0.2) is 51.9 Å². The zero-order chi connectivity index (χ0) is 21.1. The van der Waals surface area contributed by atoms with E-state index < -0.39 is 23.7 Å². The van der Waals surface area contributed by atoms with Gasteiger partial charge in [0.25, 0.3) is 5.91 Å². The molecule has 1 atom stereocenters. The van der Waals surface area contributed by atoms with Crippen molar-refractivity contribution in [1.29, 1.82) is 0 Å². The summed E-state index contributed by atoms with van der Waals surface area (Å²) in [5.41, 5.74) is 0.973. The second kappa shape index (κ2) is 8.81. The lowest BCUT2D eigenvalue weighted by Gasteiger charge is -2.30. The van der Waals surface area contributed by atoms with Gasteiger partial charge in [0.15, 0.2) is 11.0 Å². The standard InChI is InChI=1S/C19H13BrClN3O4S/c1-28-18(27)13-8-11(4-7-15(13)21)22-9-14-16(25)23-19(29)24(17(14)26)12-5-2-10(20)3-6-12/h2-9,14H,1H3,(H,23,25,29)/t14-/m0/s1. The molecule has 0 aliphatic carbocycles. The summed E-state index contributed by atoms with van der Waals surface area (Å²) in [5, 5.41) is 2.70. The second-order valence-electron chi connectivity index (χ2n) is 5.86. The van der Waals surface area contributed by atoms with E-state index >= 15 is 0 Å². The maximum Gasteiger partial charge on any atom is 0.339 e. The van der Waals surface area contributed by atoms with Crippen molar-refractivity contribution in [2.24, 2.45) is 10.9 Å². The first-order valence-electron chi connectivity index (χ1n) is 8.18. The number of methoxy groups -OCH3 is 1. The Hall–Kier alpha value is -2.62. The Balaban J connectivity index is 1.89. The van der Waals surface area contributed by atoms with Gasteiger partial charge in [-0.05, 0) is 54.7 Å². The average Bonchev–Trinajstić information content (AvgIpc) is 2.69. The summed E-state index contributed by atoms with van der Waals surface area (Å²) >= 11 is 14.5. The number of benzene rings is 2. The number of rotatable bonds is 4. The van der Waals surface area contributed by atoms with Crippen molar-refractivity contribution in [3.8, 4) is 0 Å². The minimum Gasteiger partial charge on any atom is -0.465 e. The number of hydrogen-bond acceptors (Lipinski definition) is 6. The lowest BCUT2D eigenvalue weighted by Crippen LogP contribution is -2.58. The van der Waals surface area contributed by atoms with Gasteiger partial charge in [0.05, 0.1) is 29.1 Å². The Kier molecular flexibility index (Phi) is 6.41. The van der Waals surface area contributed by atoms with Crippen LogP contribution in [0.2, 0.25) is 5.02 Å². The van der Waals surface area contributed by atoms with Crippen molar-refractivity contribution in [2.45, 2.75) is 0 Å². The van der Waals surface area contributed by atoms with Crippen molar-refractivity contribution in [1.82, 2.24) is 5.32 Å². The smallest absolute Gasteiger partial charge is 0.339 e. The molecule has 29 heavy (non-hydrogen) atoms. The Bertz CT molecular complexity index is 1040. The van der Waals surface area contributed by atoms with Gasteiger partial charge in [-0.2, -0.15) is 0 Å². The molecule has 0 bridgehead atoms. The molecule has 1 aliphatic rings. The number of hydrogen-bond donors (Lipinski definition) is 1.